The van der Waals surface area contributed by atoms with Gasteiger partial charge in [0, 0.05) is 23.3 Å². The molecule has 2 heterocycles. The van der Waals surface area contributed by atoms with E-state index in [1.807, 2.05) is 0 Å². The van der Waals surface area contributed by atoms with Crippen LogP contribution in [0, 0.1) is 11.6 Å². The summed E-state index contributed by atoms with van der Waals surface area (Å²) in [6.07, 6.45) is 1.40. The van der Waals surface area contributed by atoms with Crippen LogP contribution in [-0.2, 0) is 10.0 Å². The summed E-state index contributed by atoms with van der Waals surface area (Å²) in [6.45, 7) is 1.66. The number of pyridine rings is 1. The molecule has 0 radical (unpaired) electrons. The predicted molar refractivity (Wildman–Crippen MR) is 99.2 cm³/mol. The lowest BCUT2D eigenvalue weighted by atomic mass is 10.00. The average Bonchev–Trinajstić information content (AvgIpc) is 3.03. The Kier molecular flexibility index (Phi) is 5.36. The molecule has 0 aliphatic heterocycles. The van der Waals surface area contributed by atoms with Crippen molar-refractivity contribution in [1.29, 1.82) is 0 Å². The van der Waals surface area contributed by atoms with Crippen molar-refractivity contribution in [3.63, 3.8) is 0 Å². The van der Waals surface area contributed by atoms with Gasteiger partial charge in [-0.3, -0.25) is 4.72 Å². The second-order valence-corrected chi connectivity index (χ2v) is 8.16. The SMILES string of the molecule is CCCS(=O)(=O)Nc1ccc(F)c(C(O)c2c[nH]c3nccc(Cl)c23)c1F. The monoisotopic (exact) mass is 415 g/mol. The number of rotatable bonds is 6. The van der Waals surface area contributed by atoms with E-state index in [1.54, 1.807) is 6.92 Å². The molecule has 0 saturated heterocycles. The Balaban J connectivity index is 2.09. The Bertz CT molecular complexity index is 1100. The highest BCUT2D eigenvalue weighted by Crippen LogP contribution is 2.36. The van der Waals surface area contributed by atoms with Crippen molar-refractivity contribution in [3.05, 3.63) is 58.4 Å². The maximum Gasteiger partial charge on any atom is 0.232 e. The second-order valence-electron chi connectivity index (χ2n) is 5.91. The van der Waals surface area contributed by atoms with E-state index in [9.17, 15) is 22.3 Å². The van der Waals surface area contributed by atoms with Crippen LogP contribution in [0.2, 0.25) is 5.02 Å². The average molecular weight is 416 g/mol. The molecule has 6 nitrogen and oxygen atoms in total. The van der Waals surface area contributed by atoms with Gasteiger partial charge < -0.3 is 10.1 Å². The first-order valence-corrected chi connectivity index (χ1v) is 10.1. The number of aromatic amines is 1. The Morgan fingerprint density at radius 3 is 2.78 bits per heavy atom. The van der Waals surface area contributed by atoms with Crippen molar-refractivity contribution in [2.45, 2.75) is 19.4 Å². The van der Waals surface area contributed by atoms with E-state index in [-0.39, 0.29) is 16.3 Å². The van der Waals surface area contributed by atoms with Crippen molar-refractivity contribution in [2.75, 3.05) is 10.5 Å². The molecule has 0 saturated carbocycles. The van der Waals surface area contributed by atoms with Crippen molar-refractivity contribution in [3.8, 4) is 0 Å². The van der Waals surface area contributed by atoms with Gasteiger partial charge in [-0.15, -0.1) is 0 Å². The molecule has 3 aromatic rings. The molecule has 10 heteroatoms. The zero-order chi connectivity index (χ0) is 19.8. The molecular weight excluding hydrogens is 400 g/mol. The number of nitrogens with one attached hydrogen (secondary N) is 2. The number of hydrogen-bond acceptors (Lipinski definition) is 4. The van der Waals surface area contributed by atoms with E-state index in [4.69, 9.17) is 11.6 Å². The Morgan fingerprint density at radius 1 is 1.33 bits per heavy atom. The highest BCUT2D eigenvalue weighted by Gasteiger charge is 2.26. The van der Waals surface area contributed by atoms with Crippen molar-refractivity contribution < 1.29 is 22.3 Å². The van der Waals surface area contributed by atoms with Crippen LogP contribution < -0.4 is 4.72 Å². The van der Waals surface area contributed by atoms with Gasteiger partial charge in [0.1, 0.15) is 17.6 Å². The molecule has 0 amide bonds. The van der Waals surface area contributed by atoms with Gasteiger partial charge in [-0.05, 0) is 24.6 Å². The molecule has 1 aromatic carbocycles. The first kappa shape index (κ1) is 19.5. The molecule has 27 heavy (non-hydrogen) atoms. The topological polar surface area (TPSA) is 95.1 Å². The van der Waals surface area contributed by atoms with Crippen molar-refractivity contribution in [1.82, 2.24) is 9.97 Å². The van der Waals surface area contributed by atoms with Crippen LogP contribution >= 0.6 is 11.6 Å². The summed E-state index contributed by atoms with van der Waals surface area (Å²) in [5, 5.41) is 11.2. The number of H-pyrrole nitrogens is 1. The number of aliphatic hydroxyl groups is 1. The molecule has 0 fully saturated rings. The maximum atomic E-state index is 14.9. The minimum atomic E-state index is -3.79. The van der Waals surface area contributed by atoms with E-state index >= 15 is 0 Å². The van der Waals surface area contributed by atoms with E-state index in [2.05, 4.69) is 14.7 Å². The summed E-state index contributed by atoms with van der Waals surface area (Å²) in [5.41, 5.74) is -0.665. The molecule has 0 spiro atoms. The highest BCUT2D eigenvalue weighted by atomic mass is 35.5. The number of halogens is 3. The lowest BCUT2D eigenvalue weighted by Crippen LogP contribution is -2.18. The molecule has 0 aliphatic carbocycles. The molecule has 0 bridgehead atoms. The molecule has 2 aromatic heterocycles. The number of benzene rings is 1. The first-order chi connectivity index (χ1) is 12.7. The summed E-state index contributed by atoms with van der Waals surface area (Å²) >= 11 is 6.12. The minimum Gasteiger partial charge on any atom is -0.383 e. The normalized spacial score (nSPS) is 13.1. The molecule has 1 atom stereocenters. The van der Waals surface area contributed by atoms with Crippen molar-refractivity contribution in [2.24, 2.45) is 0 Å². The van der Waals surface area contributed by atoms with Crippen LogP contribution in [0.1, 0.15) is 30.6 Å². The lowest BCUT2D eigenvalue weighted by molar-refractivity contribution is 0.211. The Hall–Kier alpha value is -2.23. The third kappa shape index (κ3) is 3.76. The third-order valence-corrected chi connectivity index (χ3v) is 5.78. The zero-order valence-electron chi connectivity index (χ0n) is 14.1. The summed E-state index contributed by atoms with van der Waals surface area (Å²) in [7, 11) is -3.79. The summed E-state index contributed by atoms with van der Waals surface area (Å²) < 4.78 is 55.1. The van der Waals surface area contributed by atoms with Gasteiger partial charge in [-0.2, -0.15) is 0 Å². The van der Waals surface area contributed by atoms with E-state index in [0.717, 1.165) is 12.1 Å². The predicted octanol–water partition coefficient (Wildman–Crippen LogP) is 3.73. The van der Waals surface area contributed by atoms with Gasteiger partial charge in [-0.1, -0.05) is 18.5 Å². The number of aromatic nitrogens is 2. The van der Waals surface area contributed by atoms with Crippen LogP contribution in [0.3, 0.4) is 0 Å². The molecular formula is C17H16ClF2N3O3S. The van der Waals surface area contributed by atoms with Gasteiger partial charge in [0.2, 0.25) is 10.0 Å². The number of nitrogens with zero attached hydrogens (tertiary/aromatic N) is 1. The van der Waals surface area contributed by atoms with Crippen LogP contribution in [0.15, 0.2) is 30.6 Å². The van der Waals surface area contributed by atoms with Gasteiger partial charge in [0.25, 0.3) is 0 Å². The number of hydrogen-bond donors (Lipinski definition) is 3. The highest BCUT2D eigenvalue weighted by molar-refractivity contribution is 7.92. The molecule has 0 aliphatic rings. The molecule has 3 N–H and O–H groups in total. The van der Waals surface area contributed by atoms with Crippen molar-refractivity contribution >= 4 is 38.3 Å². The Labute approximate surface area is 159 Å². The van der Waals surface area contributed by atoms with E-state index in [0.29, 0.717) is 17.5 Å². The van der Waals surface area contributed by atoms with E-state index in [1.165, 1.54) is 18.5 Å². The fourth-order valence-corrected chi connectivity index (χ4v) is 4.19. The smallest absolute Gasteiger partial charge is 0.232 e. The van der Waals surface area contributed by atoms with Gasteiger partial charge >= 0.3 is 0 Å². The second kappa shape index (κ2) is 7.41. The molecule has 1 unspecified atom stereocenters. The van der Waals surface area contributed by atoms with Crippen LogP contribution in [-0.4, -0.2) is 29.2 Å². The number of fused-ring (bicyclic) bond motifs is 1. The molecule has 3 rings (SSSR count). The van der Waals surface area contributed by atoms with Crippen LogP contribution in [0.5, 0.6) is 0 Å². The fourth-order valence-electron chi connectivity index (χ4n) is 2.80. The fraction of sp³-hybridized carbons (Fsp3) is 0.235. The molecule has 144 valence electrons. The van der Waals surface area contributed by atoms with Gasteiger partial charge in [0.05, 0.1) is 22.0 Å². The summed E-state index contributed by atoms with van der Waals surface area (Å²) in [6, 6.07) is 3.34. The zero-order valence-corrected chi connectivity index (χ0v) is 15.7. The maximum absolute atomic E-state index is 14.9. The quantitative estimate of drug-likeness (QED) is 0.571. The Morgan fingerprint density at radius 2 is 2.07 bits per heavy atom. The standard InChI is InChI=1S/C17H16ClF2N3O3S/c1-2-7-27(25,26)23-12-4-3-11(19)14(15(12)20)16(24)9-8-22-17-13(9)10(18)5-6-21-17/h3-6,8,16,23-24H,2,7H2,1H3,(H,21,22). The van der Waals surface area contributed by atoms with E-state index < -0.39 is 39.0 Å². The first-order valence-electron chi connectivity index (χ1n) is 8.03. The minimum absolute atomic E-state index is 0.120. The van der Waals surface area contributed by atoms with Gasteiger partial charge in [-0.25, -0.2) is 22.2 Å². The number of aliphatic hydroxyl groups excluding tert-OH is 1. The van der Waals surface area contributed by atoms with Crippen LogP contribution in [0.25, 0.3) is 11.0 Å². The van der Waals surface area contributed by atoms with Gasteiger partial charge in [0.15, 0.2) is 5.82 Å². The number of sulfonamides is 1. The summed E-state index contributed by atoms with van der Waals surface area (Å²) in [4.78, 5) is 6.82. The lowest BCUT2D eigenvalue weighted by Gasteiger charge is -2.16. The summed E-state index contributed by atoms with van der Waals surface area (Å²) in [5.74, 6) is -2.44. The van der Waals surface area contributed by atoms with Crippen LogP contribution in [0.4, 0.5) is 14.5 Å². The largest absolute Gasteiger partial charge is 0.383 e. The third-order valence-electron chi connectivity index (χ3n) is 3.99. The number of anilines is 1.